The summed E-state index contributed by atoms with van der Waals surface area (Å²) in [5, 5.41) is 8.71. The molecule has 0 atom stereocenters. The molecule has 0 aliphatic rings. The molecule has 0 radical (unpaired) electrons. The molecule has 0 spiro atoms. The quantitative estimate of drug-likeness (QED) is 0.470. The SMILES string of the molecule is Clc1cccc2ccc(N(c3ccn[nH]3)c3ccccc3Br)nc12. The topological polar surface area (TPSA) is 44.8 Å². The zero-order valence-electron chi connectivity index (χ0n) is 12.4. The van der Waals surface area contributed by atoms with Crippen LogP contribution in [0.4, 0.5) is 17.3 Å². The first-order chi connectivity index (χ1) is 11.7. The molecule has 6 heteroatoms. The monoisotopic (exact) mass is 398 g/mol. The highest BCUT2D eigenvalue weighted by atomic mass is 79.9. The Balaban J connectivity index is 1.95. The second kappa shape index (κ2) is 6.26. The fourth-order valence-electron chi connectivity index (χ4n) is 2.61. The van der Waals surface area contributed by atoms with Crippen molar-refractivity contribution in [1.82, 2.24) is 15.2 Å². The summed E-state index contributed by atoms with van der Waals surface area (Å²) in [6.45, 7) is 0. The lowest BCUT2D eigenvalue weighted by atomic mass is 10.2. The van der Waals surface area contributed by atoms with Crippen molar-refractivity contribution in [3.05, 3.63) is 76.4 Å². The molecule has 1 N–H and O–H groups in total. The maximum atomic E-state index is 6.33. The van der Waals surface area contributed by atoms with Crippen molar-refractivity contribution in [3.8, 4) is 0 Å². The second-order valence-corrected chi connectivity index (χ2v) is 6.47. The average Bonchev–Trinajstić information content (AvgIpc) is 3.12. The van der Waals surface area contributed by atoms with Crippen LogP contribution in [-0.2, 0) is 0 Å². The van der Waals surface area contributed by atoms with Gasteiger partial charge in [-0.25, -0.2) is 4.98 Å². The number of aromatic nitrogens is 3. The number of pyridine rings is 1. The molecule has 0 aliphatic carbocycles. The first kappa shape index (κ1) is 15.2. The lowest BCUT2D eigenvalue weighted by Crippen LogP contribution is -2.12. The van der Waals surface area contributed by atoms with Crippen LogP contribution in [0.15, 0.2) is 71.3 Å². The number of anilines is 3. The minimum atomic E-state index is 0.631. The van der Waals surface area contributed by atoms with Gasteiger partial charge in [-0.05, 0) is 46.3 Å². The summed E-state index contributed by atoms with van der Waals surface area (Å²) in [6, 6.07) is 19.6. The molecule has 0 unspecified atom stereocenters. The van der Waals surface area contributed by atoms with Crippen LogP contribution >= 0.6 is 27.5 Å². The Hall–Kier alpha value is -2.37. The van der Waals surface area contributed by atoms with Gasteiger partial charge in [-0.1, -0.05) is 35.9 Å². The lowest BCUT2D eigenvalue weighted by molar-refractivity contribution is 1.05. The van der Waals surface area contributed by atoms with E-state index in [0.717, 1.165) is 32.7 Å². The number of H-pyrrole nitrogens is 1. The minimum Gasteiger partial charge on any atom is -0.278 e. The van der Waals surface area contributed by atoms with E-state index in [0.29, 0.717) is 5.02 Å². The van der Waals surface area contributed by atoms with Gasteiger partial charge in [0.25, 0.3) is 0 Å². The lowest BCUT2D eigenvalue weighted by Gasteiger charge is -2.23. The molecule has 2 aromatic carbocycles. The van der Waals surface area contributed by atoms with Crippen LogP contribution in [0.25, 0.3) is 10.9 Å². The average molecular weight is 400 g/mol. The number of hydrogen-bond acceptors (Lipinski definition) is 3. The van der Waals surface area contributed by atoms with E-state index in [-0.39, 0.29) is 0 Å². The molecule has 4 rings (SSSR count). The van der Waals surface area contributed by atoms with Crippen LogP contribution in [-0.4, -0.2) is 15.2 Å². The third kappa shape index (κ3) is 2.66. The highest BCUT2D eigenvalue weighted by Gasteiger charge is 2.17. The van der Waals surface area contributed by atoms with Gasteiger partial charge in [0.15, 0.2) is 0 Å². The molecule has 118 valence electrons. The smallest absolute Gasteiger partial charge is 0.139 e. The predicted molar refractivity (Wildman–Crippen MR) is 101 cm³/mol. The largest absolute Gasteiger partial charge is 0.278 e. The first-order valence-electron chi connectivity index (χ1n) is 7.33. The number of nitrogens with one attached hydrogen (secondary N) is 1. The van der Waals surface area contributed by atoms with Gasteiger partial charge in [0, 0.05) is 15.9 Å². The summed E-state index contributed by atoms with van der Waals surface area (Å²) >= 11 is 9.94. The Morgan fingerprint density at radius 3 is 2.62 bits per heavy atom. The Labute approximate surface area is 152 Å². The zero-order chi connectivity index (χ0) is 16.5. The van der Waals surface area contributed by atoms with Crippen LogP contribution < -0.4 is 4.90 Å². The van der Waals surface area contributed by atoms with Gasteiger partial charge < -0.3 is 0 Å². The summed E-state index contributed by atoms with van der Waals surface area (Å²) in [5.41, 5.74) is 1.73. The summed E-state index contributed by atoms with van der Waals surface area (Å²) in [7, 11) is 0. The van der Waals surface area contributed by atoms with Gasteiger partial charge in [-0.2, -0.15) is 5.10 Å². The number of para-hydroxylation sites is 2. The van der Waals surface area contributed by atoms with Crippen molar-refractivity contribution in [2.75, 3.05) is 4.90 Å². The number of hydrogen-bond donors (Lipinski definition) is 1. The van der Waals surface area contributed by atoms with Gasteiger partial charge in [0.05, 0.1) is 22.4 Å². The predicted octanol–water partition coefficient (Wildman–Crippen LogP) is 5.84. The van der Waals surface area contributed by atoms with Crippen LogP contribution in [0.5, 0.6) is 0 Å². The normalized spacial score (nSPS) is 10.9. The fourth-order valence-corrected chi connectivity index (χ4v) is 3.29. The van der Waals surface area contributed by atoms with E-state index < -0.39 is 0 Å². The fraction of sp³-hybridized carbons (Fsp3) is 0. The van der Waals surface area contributed by atoms with Gasteiger partial charge in [0.2, 0.25) is 0 Å². The second-order valence-electron chi connectivity index (χ2n) is 5.21. The summed E-state index contributed by atoms with van der Waals surface area (Å²) < 4.78 is 0.959. The molecule has 2 heterocycles. The van der Waals surface area contributed by atoms with Crippen LogP contribution in [0.2, 0.25) is 5.02 Å². The van der Waals surface area contributed by atoms with E-state index in [2.05, 4.69) is 26.1 Å². The van der Waals surface area contributed by atoms with E-state index in [4.69, 9.17) is 16.6 Å². The number of fused-ring (bicyclic) bond motifs is 1. The number of nitrogens with zero attached hydrogens (tertiary/aromatic N) is 3. The number of rotatable bonds is 3. The van der Waals surface area contributed by atoms with Crippen molar-refractivity contribution in [3.63, 3.8) is 0 Å². The maximum absolute atomic E-state index is 6.33. The molecule has 0 fully saturated rings. The van der Waals surface area contributed by atoms with Crippen molar-refractivity contribution in [2.24, 2.45) is 0 Å². The summed E-state index contributed by atoms with van der Waals surface area (Å²) in [5.74, 6) is 1.58. The standard InChI is InChI=1S/C18H12BrClN4/c19-13-5-1-2-7-15(13)24(17-10-11-21-23-17)16-9-8-12-4-3-6-14(20)18(12)22-16/h1-11H,(H,21,23). The Morgan fingerprint density at radius 1 is 0.958 bits per heavy atom. The minimum absolute atomic E-state index is 0.631. The highest BCUT2D eigenvalue weighted by molar-refractivity contribution is 9.10. The van der Waals surface area contributed by atoms with Gasteiger partial charge in [-0.15, -0.1) is 0 Å². The molecule has 2 aromatic heterocycles. The van der Waals surface area contributed by atoms with Crippen molar-refractivity contribution in [2.45, 2.75) is 0 Å². The molecule has 0 bridgehead atoms. The summed E-state index contributed by atoms with van der Waals surface area (Å²) in [4.78, 5) is 6.77. The first-order valence-corrected chi connectivity index (χ1v) is 8.50. The molecule has 4 nitrogen and oxygen atoms in total. The molecular weight excluding hydrogens is 388 g/mol. The Bertz CT molecular complexity index is 1000. The van der Waals surface area contributed by atoms with E-state index in [1.54, 1.807) is 6.20 Å². The molecule has 0 saturated heterocycles. The van der Waals surface area contributed by atoms with Crippen LogP contribution in [0, 0.1) is 0 Å². The molecule has 0 saturated carbocycles. The Morgan fingerprint density at radius 2 is 1.83 bits per heavy atom. The van der Waals surface area contributed by atoms with Crippen molar-refractivity contribution >= 4 is 55.8 Å². The van der Waals surface area contributed by atoms with E-state index in [1.165, 1.54) is 0 Å². The molecule has 0 amide bonds. The zero-order valence-corrected chi connectivity index (χ0v) is 14.8. The van der Waals surface area contributed by atoms with E-state index in [1.807, 2.05) is 65.6 Å². The highest BCUT2D eigenvalue weighted by Crippen LogP contribution is 2.37. The third-order valence-electron chi connectivity index (χ3n) is 3.71. The van der Waals surface area contributed by atoms with E-state index in [9.17, 15) is 0 Å². The van der Waals surface area contributed by atoms with E-state index >= 15 is 0 Å². The van der Waals surface area contributed by atoms with Crippen molar-refractivity contribution < 1.29 is 0 Å². The van der Waals surface area contributed by atoms with Crippen LogP contribution in [0.1, 0.15) is 0 Å². The number of aromatic amines is 1. The van der Waals surface area contributed by atoms with Gasteiger partial charge in [0.1, 0.15) is 11.6 Å². The molecule has 0 aliphatic heterocycles. The summed E-state index contributed by atoms with van der Waals surface area (Å²) in [6.07, 6.45) is 1.72. The van der Waals surface area contributed by atoms with Gasteiger partial charge >= 0.3 is 0 Å². The van der Waals surface area contributed by atoms with Crippen LogP contribution in [0.3, 0.4) is 0 Å². The maximum Gasteiger partial charge on any atom is 0.139 e. The Kier molecular flexibility index (Phi) is 3.96. The number of halogens is 2. The molecular formula is C18H12BrClN4. The molecule has 24 heavy (non-hydrogen) atoms. The van der Waals surface area contributed by atoms with Crippen molar-refractivity contribution in [1.29, 1.82) is 0 Å². The van der Waals surface area contributed by atoms with Gasteiger partial charge in [-0.3, -0.25) is 10.00 Å². The number of benzene rings is 2. The third-order valence-corrected chi connectivity index (χ3v) is 4.68. The molecule has 4 aromatic rings.